The van der Waals surface area contributed by atoms with E-state index in [0.717, 1.165) is 0 Å². The molecule has 0 saturated heterocycles. The molecule has 0 amide bonds. The van der Waals surface area contributed by atoms with Gasteiger partial charge in [-0.3, -0.25) is 0 Å². The molecule has 0 aliphatic rings. The number of anilines is 2. The number of H-pyrrole nitrogens is 1. The van der Waals surface area contributed by atoms with Crippen LogP contribution in [0, 0.1) is 22.7 Å². The average Bonchev–Trinajstić information content (AvgIpc) is 2.24. The first-order chi connectivity index (χ1) is 5.20. The maximum Gasteiger partial charge on any atom is 0.121 e. The van der Waals surface area contributed by atoms with E-state index >= 15 is 0 Å². The number of nitrogens with zero attached hydrogens (tertiary/aromatic N) is 2. The number of hydrogen-bond acceptors (Lipinski definition) is 4. The van der Waals surface area contributed by atoms with E-state index in [-0.39, 0.29) is 22.8 Å². The summed E-state index contributed by atoms with van der Waals surface area (Å²) in [5.74, 6) is 0.281. The van der Waals surface area contributed by atoms with Crippen molar-refractivity contribution in [1.29, 1.82) is 10.5 Å². The molecule has 0 unspecified atom stereocenters. The second kappa shape index (κ2) is 2.24. The number of hydrogen-bond donors (Lipinski definition) is 3. The van der Waals surface area contributed by atoms with Crippen molar-refractivity contribution in [3.63, 3.8) is 0 Å². The fourth-order valence-electron chi connectivity index (χ4n) is 0.772. The van der Waals surface area contributed by atoms with Gasteiger partial charge in [0.2, 0.25) is 0 Å². The normalized spacial score (nSPS) is 8.55. The molecule has 1 rings (SSSR count). The molecule has 5 N–H and O–H groups in total. The van der Waals surface area contributed by atoms with Crippen LogP contribution < -0.4 is 11.5 Å². The number of nitriles is 2. The van der Waals surface area contributed by atoms with E-state index in [9.17, 15) is 0 Å². The molecule has 5 heteroatoms. The van der Waals surface area contributed by atoms with Gasteiger partial charge in [-0.05, 0) is 0 Å². The van der Waals surface area contributed by atoms with Crippen LogP contribution in [-0.2, 0) is 0 Å². The summed E-state index contributed by atoms with van der Waals surface area (Å²) in [5, 5.41) is 17.0. The Morgan fingerprint density at radius 1 is 1.00 bits per heavy atom. The van der Waals surface area contributed by atoms with E-state index < -0.39 is 0 Å². The van der Waals surface area contributed by atoms with Crippen LogP contribution in [0.1, 0.15) is 11.1 Å². The van der Waals surface area contributed by atoms with E-state index in [1.165, 1.54) is 0 Å². The highest BCUT2D eigenvalue weighted by molar-refractivity contribution is 5.68. The summed E-state index contributed by atoms with van der Waals surface area (Å²) < 4.78 is 0. The van der Waals surface area contributed by atoms with Gasteiger partial charge in [0.05, 0.1) is 0 Å². The monoisotopic (exact) mass is 147 g/mol. The molecule has 0 atom stereocenters. The predicted molar refractivity (Wildman–Crippen MR) is 39.0 cm³/mol. The molecular weight excluding hydrogens is 142 g/mol. The summed E-state index contributed by atoms with van der Waals surface area (Å²) in [4.78, 5) is 2.49. The zero-order valence-corrected chi connectivity index (χ0v) is 5.55. The third-order valence-corrected chi connectivity index (χ3v) is 1.28. The molecule has 0 saturated carbocycles. The van der Waals surface area contributed by atoms with Gasteiger partial charge in [0.15, 0.2) is 0 Å². The Kier molecular flexibility index (Phi) is 1.42. The third kappa shape index (κ3) is 0.846. The lowest BCUT2D eigenvalue weighted by atomic mass is 10.2. The second-order valence-electron chi connectivity index (χ2n) is 1.93. The number of nitrogens with two attached hydrogens (primary N) is 2. The summed E-state index contributed by atoms with van der Waals surface area (Å²) in [7, 11) is 0. The van der Waals surface area contributed by atoms with Crippen molar-refractivity contribution < 1.29 is 0 Å². The SMILES string of the molecule is N#Cc1c(N)[nH]c(N)c1C#N. The maximum absolute atomic E-state index is 8.49. The fourth-order valence-corrected chi connectivity index (χ4v) is 0.772. The number of nitrogens with one attached hydrogen (secondary N) is 1. The summed E-state index contributed by atoms with van der Waals surface area (Å²) in [6, 6.07) is 3.55. The van der Waals surface area contributed by atoms with Crippen LogP contribution in [0.15, 0.2) is 0 Å². The minimum Gasteiger partial charge on any atom is -0.384 e. The zero-order valence-electron chi connectivity index (χ0n) is 5.55. The van der Waals surface area contributed by atoms with E-state index in [2.05, 4.69) is 4.98 Å². The second-order valence-corrected chi connectivity index (χ2v) is 1.93. The first kappa shape index (κ1) is 6.97. The van der Waals surface area contributed by atoms with Crippen LogP contribution >= 0.6 is 0 Å². The first-order valence-corrected chi connectivity index (χ1v) is 2.77. The number of aromatic amines is 1. The Hall–Kier alpha value is -2.14. The van der Waals surface area contributed by atoms with Crippen molar-refractivity contribution in [2.75, 3.05) is 11.5 Å². The van der Waals surface area contributed by atoms with Gasteiger partial charge in [-0.1, -0.05) is 0 Å². The Morgan fingerprint density at radius 3 is 1.64 bits per heavy atom. The van der Waals surface area contributed by atoms with Crippen LogP contribution in [-0.4, -0.2) is 4.98 Å². The minimum atomic E-state index is 0.116. The Labute approximate surface area is 62.8 Å². The van der Waals surface area contributed by atoms with Crippen LogP contribution in [0.5, 0.6) is 0 Å². The van der Waals surface area contributed by atoms with Crippen LogP contribution in [0.2, 0.25) is 0 Å². The van der Waals surface area contributed by atoms with Gasteiger partial charge < -0.3 is 16.5 Å². The minimum absolute atomic E-state index is 0.116. The summed E-state index contributed by atoms with van der Waals surface area (Å²) in [5.41, 5.74) is 10.9. The van der Waals surface area contributed by atoms with Gasteiger partial charge in [-0.15, -0.1) is 0 Å². The highest BCUT2D eigenvalue weighted by Crippen LogP contribution is 2.20. The Bertz CT molecular complexity index is 327. The number of aromatic nitrogens is 1. The molecule has 54 valence electrons. The van der Waals surface area contributed by atoms with E-state index in [1.807, 2.05) is 0 Å². The van der Waals surface area contributed by atoms with Gasteiger partial charge in [0, 0.05) is 0 Å². The first-order valence-electron chi connectivity index (χ1n) is 2.77. The molecular formula is C6H5N5. The van der Waals surface area contributed by atoms with Gasteiger partial charge >= 0.3 is 0 Å². The average molecular weight is 147 g/mol. The molecule has 0 aliphatic heterocycles. The summed E-state index contributed by atoms with van der Waals surface area (Å²) in [6.07, 6.45) is 0. The smallest absolute Gasteiger partial charge is 0.121 e. The summed E-state index contributed by atoms with van der Waals surface area (Å²) >= 11 is 0. The van der Waals surface area contributed by atoms with Crippen LogP contribution in [0.3, 0.4) is 0 Å². The molecule has 0 bridgehead atoms. The molecule has 11 heavy (non-hydrogen) atoms. The Morgan fingerprint density at radius 2 is 1.36 bits per heavy atom. The Balaban J connectivity index is 3.47. The number of rotatable bonds is 0. The van der Waals surface area contributed by atoms with Crippen molar-refractivity contribution in [2.24, 2.45) is 0 Å². The molecule has 1 aromatic heterocycles. The van der Waals surface area contributed by atoms with Gasteiger partial charge in [-0.2, -0.15) is 10.5 Å². The topological polar surface area (TPSA) is 115 Å². The van der Waals surface area contributed by atoms with Crippen molar-refractivity contribution in [2.45, 2.75) is 0 Å². The molecule has 1 heterocycles. The molecule has 0 spiro atoms. The zero-order chi connectivity index (χ0) is 8.43. The lowest BCUT2D eigenvalue weighted by Gasteiger charge is -1.82. The molecule has 0 aliphatic carbocycles. The van der Waals surface area contributed by atoms with E-state index in [1.54, 1.807) is 12.1 Å². The predicted octanol–water partition coefficient (Wildman–Crippen LogP) is -0.0775. The quantitative estimate of drug-likeness (QED) is 0.476. The van der Waals surface area contributed by atoms with Crippen molar-refractivity contribution in [1.82, 2.24) is 4.98 Å². The van der Waals surface area contributed by atoms with Crippen molar-refractivity contribution in [3.8, 4) is 12.1 Å². The number of nitrogen functional groups attached to an aromatic ring is 2. The lowest BCUT2D eigenvalue weighted by Crippen LogP contribution is -1.87. The van der Waals surface area contributed by atoms with Crippen LogP contribution in [0.25, 0.3) is 0 Å². The fraction of sp³-hybridized carbons (Fsp3) is 0. The van der Waals surface area contributed by atoms with Crippen LogP contribution in [0.4, 0.5) is 11.6 Å². The van der Waals surface area contributed by atoms with E-state index in [0.29, 0.717) is 0 Å². The highest BCUT2D eigenvalue weighted by Gasteiger charge is 2.11. The summed E-state index contributed by atoms with van der Waals surface area (Å²) in [6.45, 7) is 0. The maximum atomic E-state index is 8.49. The molecule has 0 fully saturated rings. The van der Waals surface area contributed by atoms with Gasteiger partial charge in [0.25, 0.3) is 0 Å². The molecule has 0 aromatic carbocycles. The molecule has 1 aromatic rings. The lowest BCUT2D eigenvalue weighted by molar-refractivity contribution is 1.40. The van der Waals surface area contributed by atoms with Gasteiger partial charge in [0.1, 0.15) is 34.9 Å². The van der Waals surface area contributed by atoms with Gasteiger partial charge in [-0.25, -0.2) is 0 Å². The largest absolute Gasteiger partial charge is 0.384 e. The van der Waals surface area contributed by atoms with Crippen molar-refractivity contribution in [3.05, 3.63) is 11.1 Å². The standard InChI is InChI=1S/C6H5N5/c7-1-3-4(2-8)6(10)11-5(3)9/h11H,9-10H2. The highest BCUT2D eigenvalue weighted by atomic mass is 14.9. The third-order valence-electron chi connectivity index (χ3n) is 1.28. The molecule has 5 nitrogen and oxygen atoms in total. The molecule has 0 radical (unpaired) electrons. The van der Waals surface area contributed by atoms with E-state index in [4.69, 9.17) is 22.0 Å². The van der Waals surface area contributed by atoms with Crippen molar-refractivity contribution >= 4 is 11.6 Å².